The molecular formula is C24H19Cl2N3O5S. The molecule has 35 heavy (non-hydrogen) atoms. The van der Waals surface area contributed by atoms with Crippen molar-refractivity contribution in [2.24, 2.45) is 0 Å². The maximum atomic E-state index is 13.0. The van der Waals surface area contributed by atoms with Gasteiger partial charge in [-0.25, -0.2) is 13.2 Å². The first-order valence-corrected chi connectivity index (χ1v) is 12.5. The molecule has 3 N–H and O–H groups in total. The Kier molecular flexibility index (Phi) is 6.75. The van der Waals surface area contributed by atoms with Crippen LogP contribution >= 0.6 is 23.2 Å². The van der Waals surface area contributed by atoms with Crippen molar-refractivity contribution in [2.45, 2.75) is 18.4 Å². The van der Waals surface area contributed by atoms with Crippen LogP contribution < -0.4 is 10.0 Å². The Morgan fingerprint density at radius 3 is 2.31 bits per heavy atom. The molecule has 0 aliphatic heterocycles. The van der Waals surface area contributed by atoms with Crippen molar-refractivity contribution in [3.63, 3.8) is 0 Å². The standard InChI is InChI=1S/C24H19Cl2N3O5S/c1-14(30)27-16-6-8-17(9-7-16)35(33,34)28-21-3-2-4-22-18(21)12-23(24(31)32)29(22)13-15-5-10-19(25)20(26)11-15/h2-12,28H,13H2,1H3,(H,27,30)(H,31,32). The average Bonchev–Trinajstić information content (AvgIpc) is 3.16. The highest BCUT2D eigenvalue weighted by Gasteiger charge is 2.20. The Morgan fingerprint density at radius 1 is 0.971 bits per heavy atom. The van der Waals surface area contributed by atoms with Gasteiger partial charge in [0.2, 0.25) is 5.91 Å². The van der Waals surface area contributed by atoms with Crippen molar-refractivity contribution >= 4 is 67.4 Å². The summed E-state index contributed by atoms with van der Waals surface area (Å²) in [6.45, 7) is 1.54. The van der Waals surface area contributed by atoms with Crippen LogP contribution in [0.25, 0.3) is 10.9 Å². The SMILES string of the molecule is CC(=O)Nc1ccc(S(=O)(=O)Nc2cccc3c2cc(C(=O)O)n3Cc2ccc(Cl)c(Cl)c2)cc1. The van der Waals surface area contributed by atoms with E-state index in [1.54, 1.807) is 41.0 Å². The number of carbonyl (C=O) groups excluding carboxylic acids is 1. The summed E-state index contributed by atoms with van der Waals surface area (Å²) in [7, 11) is -3.99. The van der Waals surface area contributed by atoms with E-state index < -0.39 is 16.0 Å². The Hall–Kier alpha value is -3.53. The van der Waals surface area contributed by atoms with Crippen molar-refractivity contribution in [2.75, 3.05) is 10.0 Å². The zero-order valence-corrected chi connectivity index (χ0v) is 20.6. The van der Waals surface area contributed by atoms with Crippen molar-refractivity contribution in [1.82, 2.24) is 4.57 Å². The van der Waals surface area contributed by atoms with Gasteiger partial charge >= 0.3 is 5.97 Å². The normalized spacial score (nSPS) is 11.4. The Labute approximate surface area is 211 Å². The van der Waals surface area contributed by atoms with E-state index in [2.05, 4.69) is 10.0 Å². The van der Waals surface area contributed by atoms with Crippen LogP contribution in [-0.4, -0.2) is 30.0 Å². The number of carboxylic acids is 1. The van der Waals surface area contributed by atoms with Gasteiger partial charge in [0.15, 0.2) is 0 Å². The van der Waals surface area contributed by atoms with Crippen molar-refractivity contribution < 1.29 is 23.1 Å². The van der Waals surface area contributed by atoms with Crippen LogP contribution in [0.5, 0.6) is 0 Å². The van der Waals surface area contributed by atoms with E-state index in [-0.39, 0.29) is 28.7 Å². The average molecular weight is 532 g/mol. The third-order valence-electron chi connectivity index (χ3n) is 5.22. The van der Waals surface area contributed by atoms with Crippen LogP contribution in [0.4, 0.5) is 11.4 Å². The summed E-state index contributed by atoms with van der Waals surface area (Å²) in [5.74, 6) is -1.44. The van der Waals surface area contributed by atoms with Crippen LogP contribution in [0, 0.1) is 0 Å². The van der Waals surface area contributed by atoms with Crippen LogP contribution in [-0.2, 0) is 21.4 Å². The predicted molar refractivity (Wildman–Crippen MR) is 136 cm³/mol. The maximum Gasteiger partial charge on any atom is 0.352 e. The first-order chi connectivity index (χ1) is 16.5. The van der Waals surface area contributed by atoms with E-state index in [0.29, 0.717) is 26.6 Å². The Morgan fingerprint density at radius 2 is 1.69 bits per heavy atom. The van der Waals surface area contributed by atoms with Gasteiger partial charge in [-0.2, -0.15) is 0 Å². The van der Waals surface area contributed by atoms with Gasteiger partial charge in [0, 0.05) is 24.5 Å². The van der Waals surface area contributed by atoms with Gasteiger partial charge in [-0.15, -0.1) is 0 Å². The number of carbonyl (C=O) groups is 2. The highest BCUT2D eigenvalue weighted by molar-refractivity contribution is 7.92. The molecule has 180 valence electrons. The molecule has 0 aliphatic rings. The maximum absolute atomic E-state index is 13.0. The van der Waals surface area contributed by atoms with E-state index in [0.717, 1.165) is 5.56 Å². The molecule has 4 rings (SSSR count). The summed E-state index contributed by atoms with van der Waals surface area (Å²) < 4.78 is 30.1. The van der Waals surface area contributed by atoms with Gasteiger partial charge < -0.3 is 15.0 Å². The molecule has 1 aromatic heterocycles. The van der Waals surface area contributed by atoms with Crippen molar-refractivity contribution in [3.8, 4) is 0 Å². The number of amides is 1. The minimum Gasteiger partial charge on any atom is -0.477 e. The molecule has 0 radical (unpaired) electrons. The van der Waals surface area contributed by atoms with Gasteiger partial charge in [-0.1, -0.05) is 35.3 Å². The highest BCUT2D eigenvalue weighted by atomic mass is 35.5. The number of sulfonamides is 1. The van der Waals surface area contributed by atoms with Crippen LogP contribution in [0.2, 0.25) is 10.0 Å². The summed E-state index contributed by atoms with van der Waals surface area (Å²) in [5.41, 5.74) is 1.92. The zero-order valence-electron chi connectivity index (χ0n) is 18.2. The molecule has 11 heteroatoms. The van der Waals surface area contributed by atoms with Gasteiger partial charge in [0.25, 0.3) is 10.0 Å². The van der Waals surface area contributed by atoms with E-state index in [4.69, 9.17) is 23.2 Å². The third kappa shape index (κ3) is 5.27. The Balaban J connectivity index is 1.72. The number of anilines is 2. The van der Waals surface area contributed by atoms with Gasteiger partial charge in [-0.05, 0) is 60.2 Å². The molecule has 0 atom stereocenters. The molecule has 0 saturated carbocycles. The molecule has 3 aromatic carbocycles. The van der Waals surface area contributed by atoms with Crippen molar-refractivity contribution in [1.29, 1.82) is 0 Å². The molecule has 0 unspecified atom stereocenters. The molecule has 0 aliphatic carbocycles. The largest absolute Gasteiger partial charge is 0.477 e. The number of aromatic carboxylic acids is 1. The number of aromatic nitrogens is 1. The first-order valence-electron chi connectivity index (χ1n) is 10.2. The fourth-order valence-corrected chi connectivity index (χ4v) is 5.07. The fraction of sp³-hybridized carbons (Fsp3) is 0.0833. The highest BCUT2D eigenvalue weighted by Crippen LogP contribution is 2.31. The Bertz CT molecular complexity index is 1560. The fourth-order valence-electron chi connectivity index (χ4n) is 3.67. The van der Waals surface area contributed by atoms with Gasteiger partial charge in [0.05, 0.1) is 26.1 Å². The van der Waals surface area contributed by atoms with Gasteiger partial charge in [0.1, 0.15) is 5.69 Å². The number of hydrogen-bond acceptors (Lipinski definition) is 4. The van der Waals surface area contributed by atoms with E-state index in [9.17, 15) is 23.1 Å². The quantitative estimate of drug-likeness (QED) is 0.293. The molecule has 8 nitrogen and oxygen atoms in total. The van der Waals surface area contributed by atoms with E-state index >= 15 is 0 Å². The van der Waals surface area contributed by atoms with Crippen LogP contribution in [0.3, 0.4) is 0 Å². The smallest absolute Gasteiger partial charge is 0.352 e. The minimum atomic E-state index is -3.99. The summed E-state index contributed by atoms with van der Waals surface area (Å²) in [6.07, 6.45) is 0. The zero-order chi connectivity index (χ0) is 25.3. The topological polar surface area (TPSA) is 118 Å². The molecule has 4 aromatic rings. The number of benzene rings is 3. The van der Waals surface area contributed by atoms with E-state index in [1.165, 1.54) is 37.3 Å². The van der Waals surface area contributed by atoms with Gasteiger partial charge in [-0.3, -0.25) is 9.52 Å². The minimum absolute atomic E-state index is 0.0163. The molecule has 1 heterocycles. The number of rotatable bonds is 7. The lowest BCUT2D eigenvalue weighted by Gasteiger charge is -2.12. The third-order valence-corrected chi connectivity index (χ3v) is 7.34. The van der Waals surface area contributed by atoms with Crippen molar-refractivity contribution in [3.05, 3.63) is 88.0 Å². The molecule has 0 spiro atoms. The second-order valence-corrected chi connectivity index (χ2v) is 10.2. The molecule has 0 bridgehead atoms. The van der Waals surface area contributed by atoms with E-state index in [1.807, 2.05) is 0 Å². The monoisotopic (exact) mass is 531 g/mol. The number of fused-ring (bicyclic) bond motifs is 1. The molecule has 0 saturated heterocycles. The second kappa shape index (κ2) is 9.61. The number of halogens is 2. The molecule has 1 amide bonds. The number of nitrogens with one attached hydrogen (secondary N) is 2. The lowest BCUT2D eigenvalue weighted by Crippen LogP contribution is -2.13. The first kappa shape index (κ1) is 24.6. The molecule has 0 fully saturated rings. The summed E-state index contributed by atoms with van der Waals surface area (Å²) in [5, 5.41) is 13.5. The van der Waals surface area contributed by atoms with Crippen LogP contribution in [0.1, 0.15) is 23.0 Å². The summed E-state index contributed by atoms with van der Waals surface area (Å²) in [6, 6.07) is 17.0. The summed E-state index contributed by atoms with van der Waals surface area (Å²) in [4.78, 5) is 23.2. The predicted octanol–water partition coefficient (Wildman–Crippen LogP) is 5.45. The second-order valence-electron chi connectivity index (χ2n) is 7.72. The number of hydrogen-bond donors (Lipinski definition) is 3. The lowest BCUT2D eigenvalue weighted by atomic mass is 10.2. The number of carboxylic acid groups (broad SMARTS) is 1. The molecular weight excluding hydrogens is 513 g/mol. The number of nitrogens with zero attached hydrogens (tertiary/aromatic N) is 1. The summed E-state index contributed by atoms with van der Waals surface area (Å²) >= 11 is 12.1. The lowest BCUT2D eigenvalue weighted by molar-refractivity contribution is -0.114. The van der Waals surface area contributed by atoms with Crippen LogP contribution in [0.15, 0.2) is 71.6 Å².